The Kier molecular flexibility index (Phi) is 5.59. The third-order valence-electron chi connectivity index (χ3n) is 4.01. The van der Waals surface area contributed by atoms with Crippen LogP contribution in [0, 0.1) is 5.82 Å². The number of alkyl halides is 3. The number of carboxylic acid groups (broad SMARTS) is 1. The molecule has 2 aliphatic heterocycles. The van der Waals surface area contributed by atoms with E-state index in [1.54, 1.807) is 0 Å². The minimum absolute atomic E-state index is 0.0836. The summed E-state index contributed by atoms with van der Waals surface area (Å²) in [5.74, 6) is -2.34. The van der Waals surface area contributed by atoms with E-state index in [9.17, 15) is 17.6 Å². The van der Waals surface area contributed by atoms with Crippen LogP contribution in [0.25, 0.3) is 0 Å². The first-order valence-electron chi connectivity index (χ1n) is 7.31. The fraction of sp³-hybridized carbons (Fsp3) is 0.533. The molecule has 0 radical (unpaired) electrons. The van der Waals surface area contributed by atoms with Crippen LogP contribution in [-0.4, -0.2) is 35.9 Å². The number of nitrogens with one attached hydrogen (secondary N) is 1. The van der Waals surface area contributed by atoms with E-state index in [-0.39, 0.29) is 11.4 Å². The standard InChI is InChI=1S/C13H15ClFNO.C2HF3O2/c14-11-8-10(15)7-9-1-2-13(17-12(9)11)3-5-16-6-4-13;3-2(4,5)1(6)7/h7-8,16H,1-6H2;(H,6,7). The second-order valence-corrected chi connectivity index (χ2v) is 6.12. The van der Waals surface area contributed by atoms with Gasteiger partial charge in [-0.3, -0.25) is 0 Å². The Labute approximate surface area is 140 Å². The Morgan fingerprint density at radius 1 is 1.25 bits per heavy atom. The summed E-state index contributed by atoms with van der Waals surface area (Å²) in [7, 11) is 0. The van der Waals surface area contributed by atoms with Gasteiger partial charge in [0.05, 0.1) is 5.02 Å². The molecule has 9 heteroatoms. The van der Waals surface area contributed by atoms with Crippen molar-refractivity contribution in [3.8, 4) is 5.75 Å². The van der Waals surface area contributed by atoms with Crippen LogP contribution < -0.4 is 10.1 Å². The highest BCUT2D eigenvalue weighted by molar-refractivity contribution is 6.32. The van der Waals surface area contributed by atoms with Crippen molar-refractivity contribution in [2.45, 2.75) is 37.5 Å². The average molecular weight is 370 g/mol. The molecule has 0 aliphatic carbocycles. The van der Waals surface area contributed by atoms with Crippen LogP contribution in [0.3, 0.4) is 0 Å². The fourth-order valence-corrected chi connectivity index (χ4v) is 3.04. The average Bonchev–Trinajstić information content (AvgIpc) is 2.49. The molecular formula is C15H16ClF4NO3. The lowest BCUT2D eigenvalue weighted by atomic mass is 9.84. The number of aryl methyl sites for hydroxylation is 1. The number of hydrogen-bond acceptors (Lipinski definition) is 3. The van der Waals surface area contributed by atoms with Crippen molar-refractivity contribution in [1.29, 1.82) is 0 Å². The lowest BCUT2D eigenvalue weighted by molar-refractivity contribution is -0.192. The van der Waals surface area contributed by atoms with E-state index in [2.05, 4.69) is 5.32 Å². The molecule has 0 unspecified atom stereocenters. The van der Waals surface area contributed by atoms with Gasteiger partial charge in [-0.2, -0.15) is 13.2 Å². The summed E-state index contributed by atoms with van der Waals surface area (Å²) in [6.45, 7) is 1.96. The van der Waals surface area contributed by atoms with Crippen LogP contribution in [0.2, 0.25) is 5.02 Å². The van der Waals surface area contributed by atoms with Crippen molar-refractivity contribution in [2.24, 2.45) is 0 Å². The van der Waals surface area contributed by atoms with Gasteiger partial charge in [0, 0.05) is 0 Å². The number of aliphatic carboxylic acids is 1. The highest BCUT2D eigenvalue weighted by Crippen LogP contribution is 2.42. The SMILES string of the molecule is Fc1cc(Cl)c2c(c1)CCC1(CCNCC1)O2.O=C(O)C(F)(F)F. The van der Waals surface area contributed by atoms with Crippen molar-refractivity contribution in [3.63, 3.8) is 0 Å². The third kappa shape index (κ3) is 4.51. The van der Waals surface area contributed by atoms with Crippen molar-refractivity contribution < 1.29 is 32.2 Å². The number of benzene rings is 1. The predicted molar refractivity (Wildman–Crippen MR) is 78.9 cm³/mol. The molecule has 1 aromatic rings. The van der Waals surface area contributed by atoms with E-state index >= 15 is 0 Å². The van der Waals surface area contributed by atoms with Crippen molar-refractivity contribution in [3.05, 3.63) is 28.5 Å². The van der Waals surface area contributed by atoms with Crippen LogP contribution in [0.5, 0.6) is 5.75 Å². The predicted octanol–water partition coefficient (Wildman–Crippen LogP) is 3.56. The van der Waals surface area contributed by atoms with Crippen LogP contribution >= 0.6 is 11.6 Å². The molecule has 2 aliphatic rings. The summed E-state index contributed by atoms with van der Waals surface area (Å²) in [6, 6.07) is 2.87. The van der Waals surface area contributed by atoms with Gasteiger partial charge in [0.1, 0.15) is 17.2 Å². The topological polar surface area (TPSA) is 58.6 Å². The van der Waals surface area contributed by atoms with E-state index in [4.69, 9.17) is 26.2 Å². The molecular weight excluding hydrogens is 354 g/mol. The van der Waals surface area contributed by atoms with Crippen molar-refractivity contribution in [1.82, 2.24) is 5.32 Å². The number of piperidine rings is 1. The number of carbonyl (C=O) groups is 1. The molecule has 1 aromatic carbocycles. The van der Waals surface area contributed by atoms with E-state index < -0.39 is 12.1 Å². The number of carboxylic acids is 1. The van der Waals surface area contributed by atoms with E-state index in [1.807, 2.05) is 0 Å². The molecule has 134 valence electrons. The Hall–Kier alpha value is -1.54. The molecule has 1 fully saturated rings. The van der Waals surface area contributed by atoms with Gasteiger partial charge in [0.25, 0.3) is 0 Å². The Bertz CT molecular complexity index is 615. The first-order valence-corrected chi connectivity index (χ1v) is 7.68. The van der Waals surface area contributed by atoms with Gasteiger partial charge in [0.15, 0.2) is 0 Å². The quantitative estimate of drug-likeness (QED) is 0.687. The largest absolute Gasteiger partial charge is 0.490 e. The van der Waals surface area contributed by atoms with Gasteiger partial charge in [-0.1, -0.05) is 11.6 Å². The molecule has 0 saturated carbocycles. The van der Waals surface area contributed by atoms with Gasteiger partial charge >= 0.3 is 12.1 Å². The number of ether oxygens (including phenoxy) is 1. The third-order valence-corrected chi connectivity index (χ3v) is 4.29. The number of halogens is 5. The smallest absolute Gasteiger partial charge is 0.485 e. The lowest BCUT2D eigenvalue weighted by Crippen LogP contribution is -2.48. The maximum Gasteiger partial charge on any atom is 0.490 e. The van der Waals surface area contributed by atoms with Crippen LogP contribution in [0.4, 0.5) is 17.6 Å². The van der Waals surface area contributed by atoms with Gasteiger partial charge in [-0.05, 0) is 56.5 Å². The first-order chi connectivity index (χ1) is 11.1. The van der Waals surface area contributed by atoms with Crippen LogP contribution in [0.1, 0.15) is 24.8 Å². The second kappa shape index (κ2) is 7.14. The summed E-state index contributed by atoms with van der Waals surface area (Å²) in [5, 5.41) is 10.9. The zero-order valence-electron chi connectivity index (χ0n) is 12.6. The van der Waals surface area contributed by atoms with E-state index in [0.29, 0.717) is 10.8 Å². The van der Waals surface area contributed by atoms with Crippen LogP contribution in [-0.2, 0) is 11.2 Å². The Morgan fingerprint density at radius 3 is 2.38 bits per heavy atom. The zero-order chi connectivity index (χ0) is 18.0. The fourth-order valence-electron chi connectivity index (χ4n) is 2.78. The Balaban J connectivity index is 0.000000256. The normalized spacial score (nSPS) is 18.9. The first kappa shape index (κ1) is 18.8. The molecule has 0 bridgehead atoms. The highest BCUT2D eigenvalue weighted by Gasteiger charge is 2.39. The van der Waals surface area contributed by atoms with Crippen LogP contribution in [0.15, 0.2) is 12.1 Å². The summed E-state index contributed by atoms with van der Waals surface area (Å²) < 4.78 is 51.1. The molecule has 1 saturated heterocycles. The summed E-state index contributed by atoms with van der Waals surface area (Å²) in [6.07, 6.45) is -1.27. The minimum Gasteiger partial charge on any atom is -0.485 e. The summed E-state index contributed by atoms with van der Waals surface area (Å²) in [4.78, 5) is 8.90. The molecule has 2 heterocycles. The summed E-state index contributed by atoms with van der Waals surface area (Å²) >= 11 is 6.07. The molecule has 0 atom stereocenters. The van der Waals surface area contributed by atoms with E-state index in [1.165, 1.54) is 12.1 Å². The number of hydrogen-bond donors (Lipinski definition) is 2. The molecule has 0 amide bonds. The highest BCUT2D eigenvalue weighted by atomic mass is 35.5. The maximum atomic E-state index is 13.2. The van der Waals surface area contributed by atoms with Gasteiger partial charge < -0.3 is 15.2 Å². The van der Waals surface area contributed by atoms with Crippen molar-refractivity contribution >= 4 is 17.6 Å². The van der Waals surface area contributed by atoms with Crippen molar-refractivity contribution in [2.75, 3.05) is 13.1 Å². The molecule has 4 nitrogen and oxygen atoms in total. The van der Waals surface area contributed by atoms with Gasteiger partial charge in [-0.25, -0.2) is 9.18 Å². The molecule has 24 heavy (non-hydrogen) atoms. The van der Waals surface area contributed by atoms with Gasteiger partial charge in [-0.15, -0.1) is 0 Å². The number of rotatable bonds is 0. The molecule has 3 rings (SSSR count). The minimum atomic E-state index is -5.08. The lowest BCUT2D eigenvalue weighted by Gasteiger charge is -2.42. The molecule has 1 spiro atoms. The zero-order valence-corrected chi connectivity index (χ0v) is 13.3. The second-order valence-electron chi connectivity index (χ2n) is 5.71. The van der Waals surface area contributed by atoms with E-state index in [0.717, 1.165) is 44.3 Å². The maximum absolute atomic E-state index is 13.2. The molecule has 2 N–H and O–H groups in total. The summed E-state index contributed by atoms with van der Waals surface area (Å²) in [5.41, 5.74) is 0.818. The monoisotopic (exact) mass is 369 g/mol. The Morgan fingerprint density at radius 2 is 1.83 bits per heavy atom. The number of fused-ring (bicyclic) bond motifs is 1. The molecule has 0 aromatic heterocycles. The van der Waals surface area contributed by atoms with Gasteiger partial charge in [0.2, 0.25) is 0 Å².